The lowest BCUT2D eigenvalue weighted by molar-refractivity contribution is -0.138. The molecular formula is C24H38N3O9P. The minimum absolute atomic E-state index is 0.0393. The number of nitrogens with one attached hydrogen (secondary N) is 3. The van der Waals surface area contributed by atoms with E-state index >= 15 is 0 Å². The highest BCUT2D eigenvalue weighted by atomic mass is 31.2. The molecule has 0 aliphatic carbocycles. The molecule has 0 radical (unpaired) electrons. The van der Waals surface area contributed by atoms with Crippen molar-refractivity contribution in [2.45, 2.75) is 71.2 Å². The van der Waals surface area contributed by atoms with Gasteiger partial charge in [-0.2, -0.15) is 0 Å². The molecule has 0 spiro atoms. The number of aliphatic carboxylic acids is 1. The second-order valence-corrected chi connectivity index (χ2v) is 10.4. The Bertz CT molecular complexity index is 938. The van der Waals surface area contributed by atoms with Crippen LogP contribution in [0.5, 0.6) is 5.75 Å². The summed E-state index contributed by atoms with van der Waals surface area (Å²) < 4.78 is 28.5. The Hall–Kier alpha value is -2.50. The van der Waals surface area contributed by atoms with Crippen molar-refractivity contribution < 1.29 is 42.9 Å². The van der Waals surface area contributed by atoms with Crippen LogP contribution in [0.15, 0.2) is 24.3 Å². The monoisotopic (exact) mass is 543 g/mol. The Balaban J connectivity index is 2.16. The molecule has 0 bridgehead atoms. The van der Waals surface area contributed by atoms with E-state index in [9.17, 15) is 23.8 Å². The third-order valence-electron chi connectivity index (χ3n) is 5.92. The molecule has 2 amide bonds. The number of hydrogen-bond acceptors (Lipinski definition) is 7. The number of ether oxygens (including phenoxy) is 2. The summed E-state index contributed by atoms with van der Waals surface area (Å²) >= 11 is 0. The maximum Gasteiger partial charge on any atom is 0.403 e. The molecule has 1 aromatic carbocycles. The van der Waals surface area contributed by atoms with Crippen molar-refractivity contribution >= 4 is 25.5 Å². The highest BCUT2D eigenvalue weighted by Gasteiger charge is 2.34. The summed E-state index contributed by atoms with van der Waals surface area (Å²) in [7, 11) is -4.26. The van der Waals surface area contributed by atoms with Crippen LogP contribution in [0.25, 0.3) is 0 Å². The molecule has 37 heavy (non-hydrogen) atoms. The van der Waals surface area contributed by atoms with E-state index in [2.05, 4.69) is 15.7 Å². The highest BCUT2D eigenvalue weighted by molar-refractivity contribution is 7.50. The Kier molecular flexibility index (Phi) is 12.5. The Morgan fingerprint density at radius 2 is 1.86 bits per heavy atom. The third-order valence-corrected chi connectivity index (χ3v) is 7.13. The van der Waals surface area contributed by atoms with Crippen LogP contribution in [-0.2, 0) is 34.6 Å². The maximum absolute atomic E-state index is 13.2. The number of amides is 2. The zero-order valence-corrected chi connectivity index (χ0v) is 22.4. The summed E-state index contributed by atoms with van der Waals surface area (Å²) in [5.74, 6) is -2.40. The lowest BCUT2D eigenvalue weighted by atomic mass is 9.98. The highest BCUT2D eigenvalue weighted by Crippen LogP contribution is 2.38. The number of benzene rings is 1. The molecule has 5 atom stereocenters. The summed E-state index contributed by atoms with van der Waals surface area (Å²) in [4.78, 5) is 46.9. The molecule has 5 N–H and O–H groups in total. The minimum Gasteiger partial charge on any atom is -0.480 e. The summed E-state index contributed by atoms with van der Waals surface area (Å²) in [6, 6.07) is 4.67. The van der Waals surface area contributed by atoms with Crippen LogP contribution >= 0.6 is 7.75 Å². The molecule has 208 valence electrons. The minimum atomic E-state index is -4.26. The first-order chi connectivity index (χ1) is 17.5. The SMILES string of the molecule is CCOP(=O)(O)N[C@H](C(=O)N[C@@H](Cc1ccc(OC2CCCCO2)cc1)C(=O)NCC(=O)O)[C@@H](C)CC. The van der Waals surface area contributed by atoms with E-state index in [1.165, 1.54) is 0 Å². The van der Waals surface area contributed by atoms with Crippen LogP contribution in [0.2, 0.25) is 0 Å². The molecule has 13 heteroatoms. The van der Waals surface area contributed by atoms with Gasteiger partial charge in [0, 0.05) is 12.8 Å². The van der Waals surface area contributed by atoms with E-state index < -0.39 is 44.2 Å². The fourth-order valence-electron chi connectivity index (χ4n) is 3.72. The van der Waals surface area contributed by atoms with Crippen LogP contribution in [-0.4, -0.2) is 65.9 Å². The van der Waals surface area contributed by atoms with Gasteiger partial charge in [-0.15, -0.1) is 0 Å². The predicted octanol–water partition coefficient (Wildman–Crippen LogP) is 1.96. The quantitative estimate of drug-likeness (QED) is 0.206. The van der Waals surface area contributed by atoms with Crippen molar-refractivity contribution in [3.63, 3.8) is 0 Å². The first-order valence-electron chi connectivity index (χ1n) is 12.5. The summed E-state index contributed by atoms with van der Waals surface area (Å²) in [6.45, 7) is 5.07. The van der Waals surface area contributed by atoms with Gasteiger partial charge in [0.2, 0.25) is 11.8 Å². The van der Waals surface area contributed by atoms with Crippen LogP contribution < -0.4 is 20.5 Å². The summed E-state index contributed by atoms with van der Waals surface area (Å²) in [5, 5.41) is 16.2. The molecule has 1 aliphatic heterocycles. The largest absolute Gasteiger partial charge is 0.480 e. The normalized spacial score (nSPS) is 19.6. The zero-order valence-electron chi connectivity index (χ0n) is 21.5. The zero-order chi connectivity index (χ0) is 27.4. The maximum atomic E-state index is 13.2. The van der Waals surface area contributed by atoms with Crippen LogP contribution in [0.3, 0.4) is 0 Å². The molecule has 1 aromatic rings. The molecule has 1 aliphatic rings. The molecule has 12 nitrogen and oxygen atoms in total. The van der Waals surface area contributed by atoms with Gasteiger partial charge < -0.3 is 30.1 Å². The summed E-state index contributed by atoms with van der Waals surface area (Å²) in [6.07, 6.45) is 3.07. The topological polar surface area (TPSA) is 173 Å². The summed E-state index contributed by atoms with van der Waals surface area (Å²) in [5.41, 5.74) is 0.683. The van der Waals surface area contributed by atoms with E-state index in [0.29, 0.717) is 24.3 Å². The van der Waals surface area contributed by atoms with Gasteiger partial charge in [-0.25, -0.2) is 9.65 Å². The number of carbonyl (C=O) groups excluding carboxylic acids is 2. The van der Waals surface area contributed by atoms with Crippen LogP contribution in [0.4, 0.5) is 0 Å². The third kappa shape index (κ3) is 10.8. The lowest BCUT2D eigenvalue weighted by Gasteiger charge is -2.27. The van der Waals surface area contributed by atoms with E-state index in [-0.39, 0.29) is 25.2 Å². The second kappa shape index (κ2) is 15.0. The average molecular weight is 544 g/mol. The molecule has 0 saturated carbocycles. The number of carboxylic acids is 1. The fraction of sp³-hybridized carbons (Fsp3) is 0.625. The molecular weight excluding hydrogens is 505 g/mol. The number of hydrogen-bond donors (Lipinski definition) is 5. The number of carboxylic acid groups (broad SMARTS) is 1. The first kappa shape index (κ1) is 30.7. The van der Waals surface area contributed by atoms with Gasteiger partial charge in [-0.05, 0) is 43.4 Å². The van der Waals surface area contributed by atoms with Gasteiger partial charge in [-0.1, -0.05) is 32.4 Å². The van der Waals surface area contributed by atoms with Gasteiger partial charge in [0.25, 0.3) is 0 Å². The molecule has 1 fully saturated rings. The fourth-order valence-corrected chi connectivity index (χ4v) is 4.87. The van der Waals surface area contributed by atoms with Crippen molar-refractivity contribution in [2.75, 3.05) is 19.8 Å². The Labute approximate surface area is 217 Å². The van der Waals surface area contributed by atoms with Crippen LogP contribution in [0, 0.1) is 5.92 Å². The van der Waals surface area contributed by atoms with Gasteiger partial charge in [0.1, 0.15) is 18.3 Å². The van der Waals surface area contributed by atoms with E-state index in [1.54, 1.807) is 38.1 Å². The number of carbonyl (C=O) groups is 3. The smallest absolute Gasteiger partial charge is 0.403 e. The standard InChI is InChI=1S/C24H38N3O9P/c1-4-16(3)22(27-37(32,33)35-5-2)24(31)26-19(23(30)25-15-20(28)29)14-17-9-11-18(12-10-17)36-21-8-6-7-13-34-21/h9-12,16,19,21-22H,4-8,13-15H2,1-3H3,(H,25,30)(H,26,31)(H,28,29)(H2,27,32,33)/t16-,19-,21?,22-/m0/s1. The van der Waals surface area contributed by atoms with E-state index in [1.807, 2.05) is 6.92 Å². The van der Waals surface area contributed by atoms with Crippen molar-refractivity contribution in [3.05, 3.63) is 29.8 Å². The Morgan fingerprint density at radius 1 is 1.16 bits per heavy atom. The van der Waals surface area contributed by atoms with Gasteiger partial charge in [0.15, 0.2) is 6.29 Å². The van der Waals surface area contributed by atoms with Crippen molar-refractivity contribution in [1.29, 1.82) is 0 Å². The van der Waals surface area contributed by atoms with Crippen molar-refractivity contribution in [3.8, 4) is 5.75 Å². The second-order valence-electron chi connectivity index (χ2n) is 8.87. The molecule has 2 unspecified atom stereocenters. The van der Waals surface area contributed by atoms with E-state index in [4.69, 9.17) is 19.1 Å². The number of rotatable bonds is 15. The lowest BCUT2D eigenvalue weighted by Crippen LogP contribution is -2.55. The van der Waals surface area contributed by atoms with Gasteiger partial charge in [-0.3, -0.25) is 18.9 Å². The van der Waals surface area contributed by atoms with Gasteiger partial charge >= 0.3 is 13.7 Å². The Morgan fingerprint density at radius 3 is 2.43 bits per heavy atom. The van der Waals surface area contributed by atoms with Crippen molar-refractivity contribution in [1.82, 2.24) is 15.7 Å². The first-order valence-corrected chi connectivity index (χ1v) is 14.0. The van der Waals surface area contributed by atoms with Crippen LogP contribution in [0.1, 0.15) is 52.0 Å². The van der Waals surface area contributed by atoms with Gasteiger partial charge in [0.05, 0.1) is 19.3 Å². The predicted molar refractivity (Wildman–Crippen MR) is 135 cm³/mol. The molecule has 1 heterocycles. The average Bonchev–Trinajstić information content (AvgIpc) is 2.86. The molecule has 0 aromatic heterocycles. The molecule has 2 rings (SSSR count). The van der Waals surface area contributed by atoms with E-state index in [0.717, 1.165) is 19.3 Å². The van der Waals surface area contributed by atoms with Crippen molar-refractivity contribution in [2.24, 2.45) is 5.92 Å². The molecule has 1 saturated heterocycles.